The third-order valence-electron chi connectivity index (χ3n) is 5.29. The normalized spacial score (nSPS) is 22.6. The van der Waals surface area contributed by atoms with Crippen LogP contribution in [-0.2, 0) is 4.79 Å². The molecule has 1 unspecified atom stereocenters. The number of benzene rings is 1. The van der Waals surface area contributed by atoms with Crippen LogP contribution < -0.4 is 15.5 Å². The molecular formula is C18H25Cl3N4O3. The Bertz CT molecular complexity index is 802. The molecule has 28 heavy (non-hydrogen) atoms. The molecule has 3 N–H and O–H groups in total. The number of nitrogens with one attached hydrogen (secondary N) is 2. The Morgan fingerprint density at radius 1 is 1.39 bits per heavy atom. The fourth-order valence-electron chi connectivity index (χ4n) is 3.63. The van der Waals surface area contributed by atoms with Crippen LogP contribution in [0.25, 0.3) is 11.1 Å². The number of anilines is 1. The van der Waals surface area contributed by atoms with Gasteiger partial charge >= 0.3 is 0 Å². The quantitative estimate of drug-likeness (QED) is 0.661. The van der Waals surface area contributed by atoms with Crippen molar-refractivity contribution in [1.82, 2.24) is 15.6 Å². The summed E-state index contributed by atoms with van der Waals surface area (Å²) in [6.45, 7) is 3.06. The highest BCUT2D eigenvalue weighted by atomic mass is 35.5. The van der Waals surface area contributed by atoms with E-state index in [0.717, 1.165) is 24.9 Å². The van der Waals surface area contributed by atoms with Crippen molar-refractivity contribution < 1.29 is 14.3 Å². The average molecular weight is 452 g/mol. The zero-order valence-corrected chi connectivity index (χ0v) is 17.7. The number of carbonyl (C=O) groups excluding carboxylic acids is 1. The summed E-state index contributed by atoms with van der Waals surface area (Å²) in [5.74, 6) is -0.0163. The molecule has 10 heteroatoms. The van der Waals surface area contributed by atoms with Crippen molar-refractivity contribution in [2.45, 2.75) is 24.9 Å². The summed E-state index contributed by atoms with van der Waals surface area (Å²) >= 11 is 5.99. The van der Waals surface area contributed by atoms with Crippen LogP contribution in [0.2, 0.25) is 5.02 Å². The van der Waals surface area contributed by atoms with Crippen molar-refractivity contribution in [3.05, 3.63) is 23.2 Å². The largest absolute Gasteiger partial charge is 0.423 e. The zero-order chi connectivity index (χ0) is 18.1. The van der Waals surface area contributed by atoms with Crippen molar-refractivity contribution in [1.29, 1.82) is 0 Å². The molecule has 0 radical (unpaired) electrons. The van der Waals surface area contributed by atoms with Gasteiger partial charge in [0.25, 0.3) is 6.01 Å². The lowest BCUT2D eigenvalue weighted by atomic mass is 9.95. The summed E-state index contributed by atoms with van der Waals surface area (Å²) in [5.41, 5.74) is 0.643. The predicted octanol–water partition coefficient (Wildman–Crippen LogP) is 2.38. The van der Waals surface area contributed by atoms with Gasteiger partial charge in [0.2, 0.25) is 5.91 Å². The van der Waals surface area contributed by atoms with Gasteiger partial charge in [-0.2, -0.15) is 4.98 Å². The van der Waals surface area contributed by atoms with Gasteiger partial charge in [0, 0.05) is 43.2 Å². The van der Waals surface area contributed by atoms with Crippen LogP contribution in [-0.4, -0.2) is 54.3 Å². The van der Waals surface area contributed by atoms with Gasteiger partial charge in [-0.1, -0.05) is 11.6 Å². The summed E-state index contributed by atoms with van der Waals surface area (Å²) in [4.78, 5) is 19.0. The van der Waals surface area contributed by atoms with E-state index in [-0.39, 0.29) is 36.6 Å². The van der Waals surface area contributed by atoms with E-state index in [1.54, 1.807) is 12.1 Å². The average Bonchev–Trinajstić information content (AvgIpc) is 3.26. The second-order valence-electron chi connectivity index (χ2n) is 7.24. The summed E-state index contributed by atoms with van der Waals surface area (Å²) in [6, 6.07) is 5.97. The van der Waals surface area contributed by atoms with Crippen molar-refractivity contribution in [2.75, 3.05) is 37.6 Å². The number of nitrogens with zero attached hydrogens (tertiary/aromatic N) is 2. The third-order valence-corrected chi connectivity index (χ3v) is 5.52. The predicted molar refractivity (Wildman–Crippen MR) is 114 cm³/mol. The molecule has 7 nitrogen and oxygen atoms in total. The highest BCUT2D eigenvalue weighted by Gasteiger charge is 2.33. The first-order chi connectivity index (χ1) is 12.5. The van der Waals surface area contributed by atoms with E-state index in [4.69, 9.17) is 16.0 Å². The number of hydrogen-bond donors (Lipinski definition) is 3. The number of carbonyl (C=O) groups is 1. The lowest BCUT2D eigenvalue weighted by molar-refractivity contribution is -0.126. The van der Waals surface area contributed by atoms with E-state index >= 15 is 0 Å². The maximum atomic E-state index is 12.4. The molecule has 2 fully saturated rings. The first kappa shape index (κ1) is 23.0. The lowest BCUT2D eigenvalue weighted by Crippen LogP contribution is -2.47. The molecule has 0 spiro atoms. The minimum absolute atomic E-state index is 0. The molecule has 2 aromatic rings. The smallest absolute Gasteiger partial charge is 0.298 e. The molecule has 2 saturated heterocycles. The summed E-state index contributed by atoms with van der Waals surface area (Å²) in [5, 5.41) is 17.0. The van der Waals surface area contributed by atoms with E-state index in [1.165, 1.54) is 0 Å². The Morgan fingerprint density at radius 2 is 2.14 bits per heavy atom. The molecule has 1 aromatic carbocycles. The van der Waals surface area contributed by atoms with Gasteiger partial charge in [0.05, 0.1) is 5.60 Å². The van der Waals surface area contributed by atoms with Gasteiger partial charge in [-0.15, -0.1) is 24.8 Å². The fraction of sp³-hybridized carbons (Fsp3) is 0.556. The lowest BCUT2D eigenvalue weighted by Gasteiger charge is -2.31. The van der Waals surface area contributed by atoms with Gasteiger partial charge < -0.3 is 25.1 Å². The van der Waals surface area contributed by atoms with Gasteiger partial charge in [0.1, 0.15) is 5.52 Å². The van der Waals surface area contributed by atoms with Gasteiger partial charge in [0.15, 0.2) is 5.58 Å². The zero-order valence-electron chi connectivity index (χ0n) is 15.3. The maximum absolute atomic E-state index is 12.4. The second kappa shape index (κ2) is 9.50. The monoisotopic (exact) mass is 450 g/mol. The fourth-order valence-corrected chi connectivity index (χ4v) is 3.79. The van der Waals surface area contributed by atoms with E-state index in [1.807, 2.05) is 6.07 Å². The second-order valence-corrected chi connectivity index (χ2v) is 7.68. The molecule has 2 aliphatic heterocycles. The van der Waals surface area contributed by atoms with Crippen LogP contribution in [0.5, 0.6) is 0 Å². The highest BCUT2D eigenvalue weighted by molar-refractivity contribution is 6.31. The molecule has 4 rings (SSSR count). The van der Waals surface area contributed by atoms with Crippen molar-refractivity contribution in [2.24, 2.45) is 5.92 Å². The molecule has 0 bridgehead atoms. The van der Waals surface area contributed by atoms with Crippen LogP contribution in [0.1, 0.15) is 19.3 Å². The molecule has 1 aromatic heterocycles. The van der Waals surface area contributed by atoms with Crippen LogP contribution in [0.15, 0.2) is 22.6 Å². The number of hydrogen-bond acceptors (Lipinski definition) is 6. The van der Waals surface area contributed by atoms with E-state index in [2.05, 4.69) is 20.5 Å². The molecule has 1 atom stereocenters. The molecule has 156 valence electrons. The van der Waals surface area contributed by atoms with Crippen LogP contribution >= 0.6 is 36.4 Å². The molecule has 0 saturated carbocycles. The van der Waals surface area contributed by atoms with Gasteiger partial charge in [-0.25, -0.2) is 0 Å². The SMILES string of the molecule is Cl.Cl.O=C(NCC1(O)CCNC1)C1CCN(c2nc3ccc(Cl)cc3o2)CC1. The summed E-state index contributed by atoms with van der Waals surface area (Å²) in [6.07, 6.45) is 2.15. The first-order valence-electron chi connectivity index (χ1n) is 9.04. The number of aliphatic hydroxyl groups is 1. The van der Waals surface area contributed by atoms with Crippen LogP contribution in [0, 0.1) is 5.92 Å². The standard InChI is InChI=1S/C18H23ClN4O3.2ClH/c19-13-1-2-14-15(9-13)26-17(22-14)23-7-3-12(4-8-23)16(24)21-11-18(25)5-6-20-10-18;;/h1-2,9,12,20,25H,3-8,10-11H2,(H,21,24);2*1H. The third kappa shape index (κ3) is 5.02. The Kier molecular flexibility index (Phi) is 7.81. The molecule has 0 aliphatic carbocycles. The minimum atomic E-state index is -0.810. The van der Waals surface area contributed by atoms with E-state index in [0.29, 0.717) is 49.2 Å². The number of rotatable bonds is 4. The molecular weight excluding hydrogens is 427 g/mol. The van der Waals surface area contributed by atoms with E-state index in [9.17, 15) is 9.90 Å². The van der Waals surface area contributed by atoms with E-state index < -0.39 is 5.60 Å². The van der Waals surface area contributed by atoms with Crippen molar-refractivity contribution in [3.8, 4) is 0 Å². The Labute approximate surface area is 181 Å². The Balaban J connectivity index is 0.00000140. The number of piperidine rings is 1. The first-order valence-corrected chi connectivity index (χ1v) is 9.42. The molecule has 3 heterocycles. The number of amides is 1. The maximum Gasteiger partial charge on any atom is 0.298 e. The van der Waals surface area contributed by atoms with Gasteiger partial charge in [-0.3, -0.25) is 4.79 Å². The topological polar surface area (TPSA) is 90.6 Å². The summed E-state index contributed by atoms with van der Waals surface area (Å²) < 4.78 is 5.80. The van der Waals surface area contributed by atoms with Gasteiger partial charge in [-0.05, 0) is 37.9 Å². The highest BCUT2D eigenvalue weighted by Crippen LogP contribution is 2.28. The summed E-state index contributed by atoms with van der Waals surface area (Å²) in [7, 11) is 0. The van der Waals surface area contributed by atoms with Crippen LogP contribution in [0.4, 0.5) is 6.01 Å². The number of β-amino-alcohol motifs (C(OH)–C–C–N with tert-alkyl or cyclic N) is 1. The molecule has 1 amide bonds. The Morgan fingerprint density at radius 3 is 2.82 bits per heavy atom. The number of halogens is 3. The van der Waals surface area contributed by atoms with Crippen molar-refractivity contribution >= 4 is 59.4 Å². The number of fused-ring (bicyclic) bond motifs is 1. The minimum Gasteiger partial charge on any atom is -0.423 e. The number of oxazole rings is 1. The number of aromatic nitrogens is 1. The molecule has 2 aliphatic rings. The Hall–Kier alpha value is -1.25. The van der Waals surface area contributed by atoms with Crippen LogP contribution in [0.3, 0.4) is 0 Å². The van der Waals surface area contributed by atoms with Crippen molar-refractivity contribution in [3.63, 3.8) is 0 Å².